The van der Waals surface area contributed by atoms with Gasteiger partial charge in [0.1, 0.15) is 11.5 Å². The molecule has 0 bridgehead atoms. The number of aromatic hydroxyl groups is 1. The summed E-state index contributed by atoms with van der Waals surface area (Å²) in [5, 5.41) is 9.85. The number of carbonyl (C=O) groups excluding carboxylic acids is 1. The van der Waals surface area contributed by atoms with Crippen LogP contribution in [0.3, 0.4) is 0 Å². The number of fused-ring (bicyclic) bond motifs is 1. The third-order valence-corrected chi connectivity index (χ3v) is 5.73. The van der Waals surface area contributed by atoms with Gasteiger partial charge in [-0.1, -0.05) is 6.07 Å². The van der Waals surface area contributed by atoms with E-state index < -0.39 is 0 Å². The van der Waals surface area contributed by atoms with Crippen molar-refractivity contribution in [2.45, 2.75) is 51.0 Å². The van der Waals surface area contributed by atoms with Gasteiger partial charge in [0.2, 0.25) is 5.91 Å². The van der Waals surface area contributed by atoms with Gasteiger partial charge < -0.3 is 23.9 Å². The van der Waals surface area contributed by atoms with Gasteiger partial charge >= 0.3 is 0 Å². The Balaban J connectivity index is 1.24. The molecule has 1 N–H and O–H groups in total. The molecule has 156 valence electrons. The summed E-state index contributed by atoms with van der Waals surface area (Å²) in [5.74, 6) is 2.75. The smallest absolute Gasteiger partial charge is 0.222 e. The molecule has 7 nitrogen and oxygen atoms in total. The predicted octanol–water partition coefficient (Wildman–Crippen LogP) is 3.19. The van der Waals surface area contributed by atoms with Crippen LogP contribution in [0, 0.1) is 0 Å². The number of nitrogens with zero attached hydrogens (tertiary/aromatic N) is 2. The predicted molar refractivity (Wildman–Crippen MR) is 106 cm³/mol. The number of aromatic nitrogens is 1. The maximum absolute atomic E-state index is 12.6. The molecule has 1 atom stereocenters. The van der Waals surface area contributed by atoms with Crippen molar-refractivity contribution < 1.29 is 23.8 Å². The number of rotatable bonds is 7. The molecule has 0 aliphatic carbocycles. The van der Waals surface area contributed by atoms with Crippen molar-refractivity contribution in [2.24, 2.45) is 0 Å². The average molecular weight is 400 g/mol. The van der Waals surface area contributed by atoms with Gasteiger partial charge in [0.05, 0.1) is 26.2 Å². The lowest BCUT2D eigenvalue weighted by Gasteiger charge is -2.25. The van der Waals surface area contributed by atoms with Gasteiger partial charge in [-0.15, -0.1) is 0 Å². The third-order valence-electron chi connectivity index (χ3n) is 5.73. The number of benzene rings is 1. The summed E-state index contributed by atoms with van der Waals surface area (Å²) in [5.41, 5.74) is 1.95. The van der Waals surface area contributed by atoms with E-state index in [-0.39, 0.29) is 17.6 Å². The van der Waals surface area contributed by atoms with E-state index in [1.165, 1.54) is 7.11 Å². The number of ether oxygens (including phenoxy) is 2. The van der Waals surface area contributed by atoms with Crippen LogP contribution in [-0.4, -0.2) is 47.8 Å². The fourth-order valence-corrected chi connectivity index (χ4v) is 3.99. The van der Waals surface area contributed by atoms with Gasteiger partial charge in [-0.3, -0.25) is 4.79 Å². The first kappa shape index (κ1) is 19.8. The standard InChI is InChI=1S/C22H28N2O5/c1-27-20-7-6-15(12-18(20)25)4-2-3-5-21(26)24-10-8-19-17(13-24)23-22(29-19)16-9-11-28-14-16/h6-7,12,16,25H,2-5,8-11,13-14H2,1H3. The zero-order valence-corrected chi connectivity index (χ0v) is 16.9. The number of phenols is 1. The zero-order chi connectivity index (χ0) is 20.2. The minimum Gasteiger partial charge on any atom is -0.504 e. The van der Waals surface area contributed by atoms with Crippen LogP contribution in [0.2, 0.25) is 0 Å². The Hall–Kier alpha value is -2.54. The van der Waals surface area contributed by atoms with Crippen molar-refractivity contribution in [1.29, 1.82) is 0 Å². The second-order valence-electron chi connectivity index (χ2n) is 7.76. The molecular weight excluding hydrogens is 372 g/mol. The Labute approximate surface area is 170 Å². The van der Waals surface area contributed by atoms with Crippen molar-refractivity contribution in [3.8, 4) is 11.5 Å². The van der Waals surface area contributed by atoms with E-state index in [0.29, 0.717) is 31.9 Å². The summed E-state index contributed by atoms with van der Waals surface area (Å²) in [6, 6.07) is 5.44. The molecule has 0 spiro atoms. The minimum atomic E-state index is 0.154. The molecule has 1 fully saturated rings. The SMILES string of the molecule is COc1ccc(CCCCC(=O)N2CCc3oc(C4CCOC4)nc3C2)cc1O. The van der Waals surface area contributed by atoms with Crippen LogP contribution in [-0.2, 0) is 28.9 Å². The molecule has 2 aromatic rings. The molecule has 2 aliphatic heterocycles. The summed E-state index contributed by atoms with van der Waals surface area (Å²) >= 11 is 0. The highest BCUT2D eigenvalue weighted by atomic mass is 16.5. The quantitative estimate of drug-likeness (QED) is 0.719. The van der Waals surface area contributed by atoms with Crippen LogP contribution in [0.1, 0.15) is 54.5 Å². The van der Waals surface area contributed by atoms with Gasteiger partial charge in [-0.2, -0.15) is 0 Å². The van der Waals surface area contributed by atoms with Crippen molar-refractivity contribution in [3.05, 3.63) is 41.1 Å². The van der Waals surface area contributed by atoms with Gasteiger partial charge in [-0.05, 0) is 43.4 Å². The number of phenolic OH excluding ortho intramolecular Hbond substituents is 1. The average Bonchev–Trinajstić information content (AvgIpc) is 3.40. The van der Waals surface area contributed by atoms with Crippen molar-refractivity contribution in [2.75, 3.05) is 26.9 Å². The van der Waals surface area contributed by atoms with E-state index in [4.69, 9.17) is 13.9 Å². The second-order valence-corrected chi connectivity index (χ2v) is 7.76. The lowest BCUT2D eigenvalue weighted by molar-refractivity contribution is -0.132. The van der Waals surface area contributed by atoms with Gasteiger partial charge in [0.25, 0.3) is 0 Å². The van der Waals surface area contributed by atoms with E-state index in [0.717, 1.165) is 61.6 Å². The third kappa shape index (κ3) is 4.56. The van der Waals surface area contributed by atoms with Crippen molar-refractivity contribution >= 4 is 5.91 Å². The molecule has 1 unspecified atom stereocenters. The van der Waals surface area contributed by atoms with Crippen LogP contribution in [0.4, 0.5) is 0 Å². The van der Waals surface area contributed by atoms with E-state index in [9.17, 15) is 9.90 Å². The van der Waals surface area contributed by atoms with E-state index >= 15 is 0 Å². The number of unbranched alkanes of at least 4 members (excludes halogenated alkanes) is 1. The fourth-order valence-electron chi connectivity index (χ4n) is 3.99. The topological polar surface area (TPSA) is 85.0 Å². The molecule has 3 heterocycles. The molecule has 1 amide bonds. The summed E-state index contributed by atoms with van der Waals surface area (Å²) in [7, 11) is 1.53. The van der Waals surface area contributed by atoms with Crippen LogP contribution < -0.4 is 4.74 Å². The number of hydrogen-bond donors (Lipinski definition) is 1. The van der Waals surface area contributed by atoms with E-state index in [2.05, 4.69) is 4.98 Å². The van der Waals surface area contributed by atoms with Crippen LogP contribution in [0.15, 0.2) is 22.6 Å². The second kappa shape index (κ2) is 8.86. The molecule has 0 saturated carbocycles. The Morgan fingerprint density at radius 3 is 3.03 bits per heavy atom. The molecule has 29 heavy (non-hydrogen) atoms. The molecule has 2 aliphatic rings. The van der Waals surface area contributed by atoms with Gasteiger partial charge in [0.15, 0.2) is 17.4 Å². The lowest BCUT2D eigenvalue weighted by atomic mass is 10.1. The Morgan fingerprint density at radius 2 is 2.28 bits per heavy atom. The summed E-state index contributed by atoms with van der Waals surface area (Å²) in [6.45, 7) is 2.66. The monoisotopic (exact) mass is 400 g/mol. The Bertz CT molecular complexity index is 857. The first-order valence-corrected chi connectivity index (χ1v) is 10.3. The van der Waals surface area contributed by atoms with Crippen molar-refractivity contribution in [3.63, 3.8) is 0 Å². The number of aryl methyl sites for hydroxylation is 1. The van der Waals surface area contributed by atoms with Crippen LogP contribution in [0.5, 0.6) is 11.5 Å². The summed E-state index contributed by atoms with van der Waals surface area (Å²) in [4.78, 5) is 19.1. The number of amides is 1. The highest BCUT2D eigenvalue weighted by Gasteiger charge is 2.29. The minimum absolute atomic E-state index is 0.154. The highest BCUT2D eigenvalue weighted by Crippen LogP contribution is 2.29. The normalized spacial score (nSPS) is 18.7. The Kier molecular flexibility index (Phi) is 6.04. The summed E-state index contributed by atoms with van der Waals surface area (Å²) in [6.07, 6.45) is 4.75. The van der Waals surface area contributed by atoms with E-state index in [1.807, 2.05) is 11.0 Å². The maximum atomic E-state index is 12.6. The van der Waals surface area contributed by atoms with Gasteiger partial charge in [-0.25, -0.2) is 4.98 Å². The zero-order valence-electron chi connectivity index (χ0n) is 16.9. The molecule has 4 rings (SSSR count). The van der Waals surface area contributed by atoms with Crippen molar-refractivity contribution in [1.82, 2.24) is 9.88 Å². The number of hydrogen-bond acceptors (Lipinski definition) is 6. The Morgan fingerprint density at radius 1 is 1.38 bits per heavy atom. The number of carbonyl (C=O) groups is 1. The number of methoxy groups -OCH3 is 1. The maximum Gasteiger partial charge on any atom is 0.222 e. The lowest BCUT2D eigenvalue weighted by Crippen LogP contribution is -2.35. The fraction of sp³-hybridized carbons (Fsp3) is 0.545. The first-order valence-electron chi connectivity index (χ1n) is 10.3. The van der Waals surface area contributed by atoms with Crippen LogP contribution in [0.25, 0.3) is 0 Å². The van der Waals surface area contributed by atoms with Gasteiger partial charge in [0, 0.05) is 26.0 Å². The molecule has 0 radical (unpaired) electrons. The van der Waals surface area contributed by atoms with E-state index in [1.54, 1.807) is 12.1 Å². The molecule has 1 saturated heterocycles. The molecular formula is C22H28N2O5. The highest BCUT2D eigenvalue weighted by molar-refractivity contribution is 5.76. The molecule has 7 heteroatoms. The summed E-state index contributed by atoms with van der Waals surface area (Å²) < 4.78 is 16.4. The first-order chi connectivity index (χ1) is 14.1. The number of oxazole rings is 1. The largest absolute Gasteiger partial charge is 0.504 e. The van der Waals surface area contributed by atoms with Crippen LogP contribution >= 0.6 is 0 Å². The molecule has 1 aromatic carbocycles. The molecule has 1 aromatic heterocycles.